The summed E-state index contributed by atoms with van der Waals surface area (Å²) in [7, 11) is -0.186. The predicted octanol–water partition coefficient (Wildman–Crippen LogP) is 2.49. The van der Waals surface area contributed by atoms with Gasteiger partial charge in [-0.2, -0.15) is 0 Å². The zero-order valence-electron chi connectivity index (χ0n) is 16.2. The monoisotopic (exact) mass is 400 g/mol. The molecule has 3 heterocycles. The summed E-state index contributed by atoms with van der Waals surface area (Å²) < 4.78 is 33.8. The van der Waals surface area contributed by atoms with Crippen LogP contribution in [0.2, 0.25) is 0 Å². The Morgan fingerprint density at radius 1 is 1.18 bits per heavy atom. The molecule has 4 rings (SSSR count). The molecule has 2 aromatic heterocycles. The van der Waals surface area contributed by atoms with Crippen molar-refractivity contribution in [1.29, 1.82) is 0 Å². The number of hydrogen-bond acceptors (Lipinski definition) is 5. The van der Waals surface area contributed by atoms with E-state index in [-0.39, 0.29) is 17.7 Å². The molecular weight excluding hydrogens is 376 g/mol. The minimum absolute atomic E-state index is 0.0541. The number of aromatic nitrogens is 3. The summed E-state index contributed by atoms with van der Waals surface area (Å²) in [5.74, 6) is 0.731. The first-order valence-corrected chi connectivity index (χ1v) is 10.8. The summed E-state index contributed by atoms with van der Waals surface area (Å²) in [6.07, 6.45) is 5.46. The topological polar surface area (TPSA) is 77.3 Å². The molecule has 3 aromatic rings. The van der Waals surface area contributed by atoms with Gasteiger partial charge in [0.25, 0.3) is 0 Å². The highest BCUT2D eigenvalue weighted by atomic mass is 32.2. The van der Waals surface area contributed by atoms with Gasteiger partial charge >= 0.3 is 0 Å². The van der Waals surface area contributed by atoms with E-state index >= 15 is 0 Å². The standard InChI is InChI=1S/C20H24N4O3S/c1-14-6-7-17(16-5-4-8-21-19(14)16)20-22-9-10-24(20)18-12-27-11-15(18)13-28(25,26)23(2)3/h4-10,15,18H,11-13H2,1-3H3/t15-,18+/m0/s1. The van der Waals surface area contributed by atoms with Gasteiger partial charge in [0.05, 0.1) is 30.5 Å². The zero-order valence-corrected chi connectivity index (χ0v) is 17.1. The van der Waals surface area contributed by atoms with E-state index in [1.165, 1.54) is 4.31 Å². The third-order valence-electron chi connectivity index (χ3n) is 5.38. The van der Waals surface area contributed by atoms with Crippen molar-refractivity contribution in [2.45, 2.75) is 13.0 Å². The van der Waals surface area contributed by atoms with Crippen LogP contribution in [0.1, 0.15) is 11.6 Å². The number of nitrogens with zero attached hydrogens (tertiary/aromatic N) is 4. The van der Waals surface area contributed by atoms with Gasteiger partial charge in [0, 0.05) is 49.6 Å². The van der Waals surface area contributed by atoms with Crippen LogP contribution in [-0.2, 0) is 14.8 Å². The van der Waals surface area contributed by atoms with Crippen LogP contribution in [0.15, 0.2) is 42.9 Å². The maximum absolute atomic E-state index is 12.4. The van der Waals surface area contributed by atoms with Crippen molar-refractivity contribution in [3.8, 4) is 11.4 Å². The Morgan fingerprint density at radius 2 is 2.00 bits per heavy atom. The third-order valence-corrected chi connectivity index (χ3v) is 7.35. The van der Waals surface area contributed by atoms with E-state index in [9.17, 15) is 8.42 Å². The normalized spacial score (nSPS) is 20.3. The van der Waals surface area contributed by atoms with Crippen LogP contribution >= 0.6 is 0 Å². The third kappa shape index (κ3) is 3.32. The van der Waals surface area contributed by atoms with E-state index in [2.05, 4.69) is 20.6 Å². The zero-order chi connectivity index (χ0) is 19.9. The average molecular weight is 401 g/mol. The second-order valence-electron chi connectivity index (χ2n) is 7.41. The molecule has 2 atom stereocenters. The quantitative estimate of drug-likeness (QED) is 0.658. The van der Waals surface area contributed by atoms with Crippen molar-refractivity contribution in [3.05, 3.63) is 48.4 Å². The fourth-order valence-electron chi connectivity index (χ4n) is 3.77. The fourth-order valence-corrected chi connectivity index (χ4v) is 4.93. The number of pyridine rings is 1. The highest BCUT2D eigenvalue weighted by Crippen LogP contribution is 2.34. The van der Waals surface area contributed by atoms with Gasteiger partial charge in [0.15, 0.2) is 0 Å². The van der Waals surface area contributed by atoms with Crippen molar-refractivity contribution in [3.63, 3.8) is 0 Å². The van der Waals surface area contributed by atoms with Crippen LogP contribution in [0.25, 0.3) is 22.3 Å². The molecule has 1 fully saturated rings. The fraction of sp³-hybridized carbons (Fsp3) is 0.400. The second-order valence-corrected chi connectivity index (χ2v) is 9.64. The van der Waals surface area contributed by atoms with Gasteiger partial charge in [0.1, 0.15) is 5.82 Å². The molecular formula is C20H24N4O3S. The molecule has 0 saturated carbocycles. The largest absolute Gasteiger partial charge is 0.379 e. The Balaban J connectivity index is 1.75. The van der Waals surface area contributed by atoms with Gasteiger partial charge < -0.3 is 9.30 Å². The Morgan fingerprint density at radius 3 is 2.79 bits per heavy atom. The Bertz CT molecular complexity index is 1110. The molecule has 1 aromatic carbocycles. The number of hydrogen-bond donors (Lipinski definition) is 0. The SMILES string of the molecule is Cc1ccc(-c2nccn2[C@@H]2COC[C@H]2CS(=O)(=O)N(C)C)c2cccnc12. The van der Waals surface area contributed by atoms with Gasteiger partial charge in [-0.1, -0.05) is 18.2 Å². The Hall–Kier alpha value is -2.29. The molecule has 7 nitrogen and oxygen atoms in total. The molecule has 0 spiro atoms. The van der Waals surface area contributed by atoms with Crippen LogP contribution < -0.4 is 0 Å². The molecule has 1 saturated heterocycles. The molecule has 0 unspecified atom stereocenters. The average Bonchev–Trinajstić information content (AvgIpc) is 3.31. The Labute approximate surface area is 165 Å². The lowest BCUT2D eigenvalue weighted by molar-refractivity contribution is 0.182. The van der Waals surface area contributed by atoms with E-state index < -0.39 is 10.0 Å². The molecule has 1 aliphatic heterocycles. The Kier molecular flexibility index (Phi) is 4.95. The van der Waals surface area contributed by atoms with E-state index in [1.807, 2.05) is 31.3 Å². The summed E-state index contributed by atoms with van der Waals surface area (Å²) in [5, 5.41) is 1.03. The number of sulfonamides is 1. The van der Waals surface area contributed by atoms with Crippen molar-refractivity contribution in [2.24, 2.45) is 5.92 Å². The first-order chi connectivity index (χ1) is 13.4. The maximum Gasteiger partial charge on any atom is 0.214 e. The van der Waals surface area contributed by atoms with Crippen LogP contribution in [0.5, 0.6) is 0 Å². The van der Waals surface area contributed by atoms with Crippen LogP contribution in [-0.4, -0.2) is 60.3 Å². The predicted molar refractivity (Wildman–Crippen MR) is 109 cm³/mol. The van der Waals surface area contributed by atoms with E-state index in [1.54, 1.807) is 26.5 Å². The lowest BCUT2D eigenvalue weighted by Gasteiger charge is -2.23. The summed E-state index contributed by atoms with van der Waals surface area (Å²) in [4.78, 5) is 9.11. The van der Waals surface area contributed by atoms with Crippen molar-refractivity contribution in [1.82, 2.24) is 18.8 Å². The second kappa shape index (κ2) is 7.27. The summed E-state index contributed by atoms with van der Waals surface area (Å²) in [6, 6.07) is 7.98. The molecule has 0 radical (unpaired) electrons. The number of benzene rings is 1. The van der Waals surface area contributed by atoms with E-state index in [0.717, 1.165) is 27.9 Å². The van der Waals surface area contributed by atoms with E-state index in [0.29, 0.717) is 13.2 Å². The molecule has 0 aliphatic carbocycles. The number of imidazole rings is 1. The van der Waals surface area contributed by atoms with Crippen LogP contribution in [0, 0.1) is 12.8 Å². The molecule has 148 valence electrons. The smallest absolute Gasteiger partial charge is 0.214 e. The number of fused-ring (bicyclic) bond motifs is 1. The minimum atomic E-state index is -3.31. The molecule has 0 amide bonds. The van der Waals surface area contributed by atoms with Crippen LogP contribution in [0.4, 0.5) is 0 Å². The summed E-state index contributed by atoms with van der Waals surface area (Å²) in [5.41, 5.74) is 3.04. The first kappa shape index (κ1) is 19.0. The van der Waals surface area contributed by atoms with Gasteiger partial charge in [-0.05, 0) is 18.6 Å². The molecule has 28 heavy (non-hydrogen) atoms. The molecule has 1 aliphatic rings. The highest BCUT2D eigenvalue weighted by Gasteiger charge is 2.35. The summed E-state index contributed by atoms with van der Waals surface area (Å²) in [6.45, 7) is 2.93. The van der Waals surface area contributed by atoms with Crippen LogP contribution in [0.3, 0.4) is 0 Å². The summed E-state index contributed by atoms with van der Waals surface area (Å²) >= 11 is 0. The highest BCUT2D eigenvalue weighted by molar-refractivity contribution is 7.89. The number of ether oxygens (including phenoxy) is 1. The molecule has 0 bridgehead atoms. The van der Waals surface area contributed by atoms with Gasteiger partial charge in [-0.15, -0.1) is 0 Å². The lowest BCUT2D eigenvalue weighted by Crippen LogP contribution is -2.32. The maximum atomic E-state index is 12.4. The van der Waals surface area contributed by atoms with Crippen molar-refractivity contribution < 1.29 is 13.2 Å². The van der Waals surface area contributed by atoms with Gasteiger partial charge in [0.2, 0.25) is 10.0 Å². The van der Waals surface area contributed by atoms with Gasteiger partial charge in [-0.25, -0.2) is 17.7 Å². The van der Waals surface area contributed by atoms with Crippen molar-refractivity contribution >= 4 is 20.9 Å². The molecule has 0 N–H and O–H groups in total. The lowest BCUT2D eigenvalue weighted by atomic mass is 10.0. The number of rotatable bonds is 5. The van der Waals surface area contributed by atoms with E-state index in [4.69, 9.17) is 4.74 Å². The number of aryl methyl sites for hydroxylation is 1. The first-order valence-electron chi connectivity index (χ1n) is 9.24. The van der Waals surface area contributed by atoms with Crippen molar-refractivity contribution in [2.75, 3.05) is 33.1 Å². The molecule has 8 heteroatoms. The van der Waals surface area contributed by atoms with Gasteiger partial charge in [-0.3, -0.25) is 4.98 Å². The minimum Gasteiger partial charge on any atom is -0.379 e.